The Labute approximate surface area is 197 Å². The quantitative estimate of drug-likeness (QED) is 0.445. The number of thiazole rings is 1. The largest absolute Gasteiger partial charge is 0.494 e. The first-order chi connectivity index (χ1) is 16.3. The van der Waals surface area contributed by atoms with Crippen molar-refractivity contribution in [1.82, 2.24) is 8.97 Å². The molecule has 4 rings (SSSR count). The molecule has 0 saturated heterocycles. The van der Waals surface area contributed by atoms with Crippen LogP contribution in [0.15, 0.2) is 58.3 Å². The molecule has 0 aliphatic rings. The summed E-state index contributed by atoms with van der Waals surface area (Å²) >= 11 is 1.23. The number of hydrogen-bond acceptors (Lipinski definition) is 5. The van der Waals surface area contributed by atoms with Crippen molar-refractivity contribution in [3.05, 3.63) is 102 Å². The Morgan fingerprint density at radius 3 is 2.50 bits per heavy atom. The van der Waals surface area contributed by atoms with E-state index in [1.807, 2.05) is 0 Å². The minimum absolute atomic E-state index is 0.0151. The molecule has 9 heteroatoms. The number of fused-ring (bicyclic) bond motifs is 1. The summed E-state index contributed by atoms with van der Waals surface area (Å²) in [6.45, 7) is 1.66. The Hall–Kier alpha value is -4.16. The summed E-state index contributed by atoms with van der Waals surface area (Å²) < 4.78 is 21.3. The van der Waals surface area contributed by atoms with E-state index < -0.39 is 23.0 Å². The summed E-state index contributed by atoms with van der Waals surface area (Å²) in [5, 5.41) is 9.03. The van der Waals surface area contributed by atoms with E-state index >= 15 is 0 Å². The van der Waals surface area contributed by atoms with E-state index in [9.17, 15) is 18.8 Å². The molecule has 0 spiro atoms. The lowest BCUT2D eigenvalue weighted by atomic mass is 10.1. The van der Waals surface area contributed by atoms with E-state index in [4.69, 9.17) is 9.84 Å². The van der Waals surface area contributed by atoms with Crippen LogP contribution in [-0.4, -0.2) is 27.2 Å². The molecule has 0 aliphatic heterocycles. The summed E-state index contributed by atoms with van der Waals surface area (Å²) in [6, 6.07) is 10.6. The summed E-state index contributed by atoms with van der Waals surface area (Å²) in [5.41, 5.74) is 0.936. The van der Waals surface area contributed by atoms with Gasteiger partial charge in [-0.1, -0.05) is 30.0 Å². The molecule has 34 heavy (non-hydrogen) atoms. The van der Waals surface area contributed by atoms with Gasteiger partial charge in [0.15, 0.2) is 11.6 Å². The Balaban J connectivity index is 1.64. The molecule has 0 atom stereocenters. The maximum atomic E-state index is 13.8. The predicted molar refractivity (Wildman–Crippen MR) is 127 cm³/mol. The van der Waals surface area contributed by atoms with Crippen LogP contribution in [0.4, 0.5) is 4.39 Å². The average molecular weight is 479 g/mol. The number of carboxylic acid groups (broad SMARTS) is 1. The lowest BCUT2D eigenvalue weighted by Crippen LogP contribution is -2.38. The minimum atomic E-state index is -1.05. The van der Waals surface area contributed by atoms with Gasteiger partial charge in [0.1, 0.15) is 4.83 Å². The van der Waals surface area contributed by atoms with Crippen molar-refractivity contribution in [3.63, 3.8) is 0 Å². The fourth-order valence-electron chi connectivity index (χ4n) is 3.45. The molecule has 0 fully saturated rings. The van der Waals surface area contributed by atoms with Gasteiger partial charge < -0.3 is 9.84 Å². The number of methoxy groups -OCH3 is 1. The van der Waals surface area contributed by atoms with Crippen LogP contribution < -0.4 is 16.0 Å². The zero-order valence-electron chi connectivity index (χ0n) is 18.3. The third kappa shape index (κ3) is 4.49. The number of benzene rings is 2. The molecule has 0 aliphatic carbocycles. The smallest absolute Gasteiger partial charge is 0.336 e. The number of halogens is 1. The van der Waals surface area contributed by atoms with Crippen LogP contribution in [0.5, 0.6) is 5.75 Å². The second-order valence-corrected chi connectivity index (χ2v) is 8.55. The molecule has 1 N–H and O–H groups in total. The highest BCUT2D eigenvalue weighted by Crippen LogP contribution is 2.19. The average Bonchev–Trinajstić information content (AvgIpc) is 3.25. The highest BCUT2D eigenvalue weighted by molar-refractivity contribution is 7.18. The van der Waals surface area contributed by atoms with Crippen molar-refractivity contribution >= 4 is 22.1 Å². The van der Waals surface area contributed by atoms with E-state index in [0.29, 0.717) is 32.8 Å². The summed E-state index contributed by atoms with van der Waals surface area (Å²) in [4.78, 5) is 38.0. The third-order valence-electron chi connectivity index (χ3n) is 5.26. The van der Waals surface area contributed by atoms with Crippen LogP contribution in [0.25, 0.3) is 4.83 Å². The molecule has 2 aromatic heterocycles. The highest BCUT2D eigenvalue weighted by Gasteiger charge is 2.14. The van der Waals surface area contributed by atoms with Gasteiger partial charge in [0, 0.05) is 18.2 Å². The van der Waals surface area contributed by atoms with Crippen molar-refractivity contribution in [2.24, 2.45) is 0 Å². The molecule has 0 unspecified atom stereocenters. The molecular weight excluding hydrogens is 459 g/mol. The van der Waals surface area contributed by atoms with Crippen LogP contribution in [0.1, 0.15) is 31.9 Å². The van der Waals surface area contributed by atoms with Crippen LogP contribution in [0.3, 0.4) is 0 Å². The third-order valence-corrected chi connectivity index (χ3v) is 6.38. The topological polar surface area (TPSA) is 90.0 Å². The fourth-order valence-corrected chi connectivity index (χ4v) is 4.41. The molecule has 4 aromatic rings. The standard InChI is InChI=1S/C25H19FN2O5S/c1-15-22(29)27(13-17-6-9-18(10-7-17)24(30)31)25(32)28-14-19(34-23(15)28)5-3-4-16-8-11-21(33-2)20(26)12-16/h6-12,14H,4,13H2,1-2H3,(H,30,31). The van der Waals surface area contributed by atoms with Crippen molar-refractivity contribution in [3.8, 4) is 17.6 Å². The number of aromatic nitrogens is 2. The second kappa shape index (κ2) is 9.37. The molecule has 0 radical (unpaired) electrons. The zero-order chi connectivity index (χ0) is 24.4. The first kappa shape index (κ1) is 23.0. The monoisotopic (exact) mass is 478 g/mol. The predicted octanol–water partition coefficient (Wildman–Crippen LogP) is 3.32. The molecule has 172 valence electrons. The number of ether oxygens (including phenoxy) is 1. The lowest BCUT2D eigenvalue weighted by molar-refractivity contribution is 0.0697. The summed E-state index contributed by atoms with van der Waals surface area (Å²) in [6.07, 6.45) is 1.89. The maximum Gasteiger partial charge on any atom is 0.336 e. The van der Waals surface area contributed by atoms with Crippen LogP contribution in [-0.2, 0) is 13.0 Å². The SMILES string of the molecule is COc1ccc(CC#Cc2cn3c(=O)n(Cc4ccc(C(=O)O)cc4)c(=O)c(C)c3s2)cc1F. The second-order valence-electron chi connectivity index (χ2n) is 7.52. The van der Waals surface area contributed by atoms with Crippen molar-refractivity contribution in [2.75, 3.05) is 7.11 Å². The van der Waals surface area contributed by atoms with Gasteiger partial charge in [-0.2, -0.15) is 0 Å². The maximum absolute atomic E-state index is 13.8. The molecule has 7 nitrogen and oxygen atoms in total. The highest BCUT2D eigenvalue weighted by atomic mass is 32.1. The first-order valence-electron chi connectivity index (χ1n) is 10.2. The Morgan fingerprint density at radius 2 is 1.85 bits per heavy atom. The number of aromatic carboxylic acids is 1. The van der Waals surface area contributed by atoms with Gasteiger partial charge in [0.05, 0.1) is 24.1 Å². The summed E-state index contributed by atoms with van der Waals surface area (Å²) in [5.74, 6) is 4.60. The molecule has 2 heterocycles. The van der Waals surface area contributed by atoms with E-state index in [1.54, 1.807) is 37.4 Å². The van der Waals surface area contributed by atoms with Crippen molar-refractivity contribution < 1.29 is 19.0 Å². The van der Waals surface area contributed by atoms with Gasteiger partial charge in [-0.3, -0.25) is 13.8 Å². The lowest BCUT2D eigenvalue weighted by Gasteiger charge is -2.08. The van der Waals surface area contributed by atoms with Crippen LogP contribution in [0.2, 0.25) is 0 Å². The molecule has 0 saturated carbocycles. The Bertz CT molecular complexity index is 1590. The van der Waals surface area contributed by atoms with Crippen molar-refractivity contribution in [2.45, 2.75) is 19.9 Å². The fraction of sp³-hybridized carbons (Fsp3) is 0.160. The van der Waals surface area contributed by atoms with Crippen molar-refractivity contribution in [1.29, 1.82) is 0 Å². The molecule has 2 aromatic carbocycles. The number of aryl methyl sites for hydroxylation is 1. The molecular formula is C25H19FN2O5S. The van der Waals surface area contributed by atoms with E-state index in [-0.39, 0.29) is 17.9 Å². The Morgan fingerprint density at radius 1 is 1.15 bits per heavy atom. The number of carboxylic acids is 1. The van der Waals surface area contributed by atoms with Gasteiger partial charge in [0.2, 0.25) is 0 Å². The van der Waals surface area contributed by atoms with E-state index in [0.717, 1.165) is 4.57 Å². The summed E-state index contributed by atoms with van der Waals surface area (Å²) in [7, 11) is 1.40. The molecule has 0 bridgehead atoms. The van der Waals surface area contributed by atoms with E-state index in [2.05, 4.69) is 11.8 Å². The minimum Gasteiger partial charge on any atom is -0.494 e. The number of nitrogens with zero attached hydrogens (tertiary/aromatic N) is 2. The van der Waals surface area contributed by atoms with Gasteiger partial charge in [-0.25, -0.2) is 14.0 Å². The molecule has 0 amide bonds. The number of carbonyl (C=O) groups is 1. The van der Waals surface area contributed by atoms with Gasteiger partial charge in [-0.15, -0.1) is 11.3 Å². The van der Waals surface area contributed by atoms with Gasteiger partial charge in [0.25, 0.3) is 5.56 Å². The zero-order valence-corrected chi connectivity index (χ0v) is 19.1. The number of rotatable bonds is 5. The number of hydrogen-bond donors (Lipinski definition) is 1. The Kier molecular flexibility index (Phi) is 6.34. The van der Waals surface area contributed by atoms with E-state index in [1.165, 1.54) is 41.0 Å². The van der Waals surface area contributed by atoms with Crippen LogP contribution in [0, 0.1) is 24.6 Å². The first-order valence-corrected chi connectivity index (χ1v) is 11.0. The normalized spacial score (nSPS) is 10.7. The van der Waals surface area contributed by atoms with Gasteiger partial charge >= 0.3 is 11.7 Å². The van der Waals surface area contributed by atoms with Crippen LogP contribution >= 0.6 is 11.3 Å². The van der Waals surface area contributed by atoms with Gasteiger partial charge in [-0.05, 0) is 42.3 Å².